The first kappa shape index (κ1) is 18.9. The van der Waals surface area contributed by atoms with Crippen molar-refractivity contribution in [2.45, 2.75) is 25.3 Å². The van der Waals surface area contributed by atoms with E-state index in [1.165, 1.54) is 23.8 Å². The third kappa shape index (κ3) is 3.75. The molecular weight excluding hydrogens is 401 g/mol. The summed E-state index contributed by atoms with van der Waals surface area (Å²) >= 11 is 7.26. The molecule has 0 aliphatic heterocycles. The van der Waals surface area contributed by atoms with Gasteiger partial charge in [-0.25, -0.2) is 9.18 Å². The van der Waals surface area contributed by atoms with Crippen LogP contribution in [0.15, 0.2) is 42.5 Å². The van der Waals surface area contributed by atoms with Crippen molar-refractivity contribution in [3.63, 3.8) is 0 Å². The molecule has 0 saturated carbocycles. The third-order valence-electron chi connectivity index (χ3n) is 4.82. The van der Waals surface area contributed by atoms with Crippen LogP contribution in [0, 0.1) is 5.82 Å². The Hall–Kier alpha value is -2.44. The first-order valence-electron chi connectivity index (χ1n) is 8.95. The Morgan fingerprint density at radius 2 is 2.07 bits per heavy atom. The molecule has 4 rings (SSSR count). The van der Waals surface area contributed by atoms with Crippen LogP contribution in [0.4, 0.5) is 4.39 Å². The van der Waals surface area contributed by atoms with E-state index in [0.717, 1.165) is 36.2 Å². The average Bonchev–Trinajstić information content (AvgIpc) is 3.02. The molecule has 0 radical (unpaired) electrons. The lowest BCUT2D eigenvalue weighted by atomic mass is 9.88. The Morgan fingerprint density at radius 3 is 2.93 bits per heavy atom. The van der Waals surface area contributed by atoms with E-state index in [1.54, 1.807) is 0 Å². The van der Waals surface area contributed by atoms with Crippen LogP contribution in [-0.4, -0.2) is 18.5 Å². The summed E-state index contributed by atoms with van der Waals surface area (Å²) in [4.78, 5) is 24.8. The number of carbonyl (C=O) groups excluding carboxylic acids is 2. The van der Waals surface area contributed by atoms with E-state index in [-0.39, 0.29) is 21.8 Å². The number of amides is 1. The van der Waals surface area contributed by atoms with Gasteiger partial charge in [0.15, 0.2) is 6.61 Å². The van der Waals surface area contributed by atoms with Gasteiger partial charge in [-0.05, 0) is 48.6 Å². The van der Waals surface area contributed by atoms with Crippen molar-refractivity contribution in [2.75, 3.05) is 6.61 Å². The molecule has 1 aliphatic rings. The fourth-order valence-corrected chi connectivity index (χ4v) is 4.93. The lowest BCUT2D eigenvalue weighted by Gasteiger charge is -2.26. The summed E-state index contributed by atoms with van der Waals surface area (Å²) in [6.07, 6.45) is 2.85. The van der Waals surface area contributed by atoms with Crippen molar-refractivity contribution in [1.29, 1.82) is 0 Å². The smallest absolute Gasteiger partial charge is 0.350 e. The second-order valence-corrected chi connectivity index (χ2v) is 8.10. The van der Waals surface area contributed by atoms with Gasteiger partial charge in [0.05, 0.1) is 11.1 Å². The molecule has 2 aromatic carbocycles. The van der Waals surface area contributed by atoms with Gasteiger partial charge in [-0.2, -0.15) is 0 Å². The van der Waals surface area contributed by atoms with Crippen molar-refractivity contribution in [3.05, 3.63) is 69.3 Å². The minimum atomic E-state index is -0.689. The normalized spacial score (nSPS) is 15.9. The average molecular weight is 418 g/mol. The number of esters is 1. The van der Waals surface area contributed by atoms with Crippen LogP contribution >= 0.6 is 22.9 Å². The molecule has 3 aromatic rings. The minimum Gasteiger partial charge on any atom is -0.451 e. The van der Waals surface area contributed by atoms with E-state index in [2.05, 4.69) is 11.4 Å². The van der Waals surface area contributed by atoms with Crippen molar-refractivity contribution in [2.24, 2.45) is 0 Å². The molecule has 4 nitrogen and oxygen atoms in total. The molecule has 1 amide bonds. The van der Waals surface area contributed by atoms with Gasteiger partial charge in [-0.3, -0.25) is 4.79 Å². The van der Waals surface area contributed by atoms with E-state index in [1.807, 2.05) is 18.2 Å². The first-order chi connectivity index (χ1) is 13.5. The van der Waals surface area contributed by atoms with Crippen molar-refractivity contribution < 1.29 is 18.7 Å². The molecule has 7 heteroatoms. The molecule has 144 valence electrons. The third-order valence-corrected chi connectivity index (χ3v) is 6.45. The van der Waals surface area contributed by atoms with Crippen LogP contribution < -0.4 is 5.32 Å². The van der Waals surface area contributed by atoms with Gasteiger partial charge in [0, 0.05) is 10.1 Å². The summed E-state index contributed by atoms with van der Waals surface area (Å²) in [5.74, 6) is -1.46. The highest BCUT2D eigenvalue weighted by Crippen LogP contribution is 2.36. The number of fused-ring (bicyclic) bond motifs is 2. The Morgan fingerprint density at radius 1 is 1.25 bits per heavy atom. The van der Waals surface area contributed by atoms with Crippen LogP contribution in [0.3, 0.4) is 0 Å². The van der Waals surface area contributed by atoms with Crippen LogP contribution in [0.25, 0.3) is 10.1 Å². The number of benzene rings is 2. The molecular formula is C21H17ClFNO3S. The van der Waals surface area contributed by atoms with Crippen LogP contribution in [-0.2, 0) is 16.0 Å². The number of ether oxygens (including phenoxy) is 1. The van der Waals surface area contributed by atoms with Gasteiger partial charge >= 0.3 is 5.97 Å². The fraction of sp³-hybridized carbons (Fsp3) is 0.238. The summed E-state index contributed by atoms with van der Waals surface area (Å²) < 4.78 is 19.1. The maximum Gasteiger partial charge on any atom is 0.350 e. The second kappa shape index (κ2) is 7.89. The zero-order valence-corrected chi connectivity index (χ0v) is 16.4. The summed E-state index contributed by atoms with van der Waals surface area (Å²) in [5.41, 5.74) is 2.35. The minimum absolute atomic E-state index is 0.0768. The summed E-state index contributed by atoms with van der Waals surface area (Å²) in [6, 6.07) is 12.1. The molecule has 0 saturated heterocycles. The van der Waals surface area contributed by atoms with Crippen molar-refractivity contribution >= 4 is 44.9 Å². The molecule has 1 aliphatic carbocycles. The number of nitrogens with one attached hydrogen (secondary N) is 1. The molecule has 0 bridgehead atoms. The molecule has 1 aromatic heterocycles. The number of halogens is 2. The standard InChI is InChI=1S/C21H17ClFNO3S/c22-19-15-9-8-13(23)10-17(15)28-20(19)21(26)27-11-18(25)24-16-7-3-5-12-4-1-2-6-14(12)16/h1-2,4,6,8-10,16H,3,5,7,11H2,(H,24,25). The quantitative estimate of drug-likeness (QED) is 0.605. The second-order valence-electron chi connectivity index (χ2n) is 6.67. The van der Waals surface area contributed by atoms with Crippen molar-refractivity contribution in [3.8, 4) is 0 Å². The van der Waals surface area contributed by atoms with Gasteiger partial charge in [-0.1, -0.05) is 35.9 Å². The summed E-state index contributed by atoms with van der Waals surface area (Å²) in [6.45, 7) is -0.392. The highest BCUT2D eigenvalue weighted by molar-refractivity contribution is 7.21. The van der Waals surface area contributed by atoms with E-state index in [0.29, 0.717) is 10.1 Å². The number of carbonyl (C=O) groups is 2. The zero-order valence-electron chi connectivity index (χ0n) is 14.8. The maximum atomic E-state index is 13.4. The SMILES string of the molecule is O=C(COC(=O)c1sc2cc(F)ccc2c1Cl)NC1CCCc2ccccc21. The predicted octanol–water partition coefficient (Wildman–Crippen LogP) is 5.04. The Bertz CT molecular complexity index is 1060. The van der Waals surface area contributed by atoms with Gasteiger partial charge in [0.1, 0.15) is 10.7 Å². The molecule has 1 N–H and O–H groups in total. The molecule has 1 atom stereocenters. The van der Waals surface area contributed by atoms with Crippen LogP contribution in [0.5, 0.6) is 0 Å². The summed E-state index contributed by atoms with van der Waals surface area (Å²) in [7, 11) is 0. The van der Waals surface area contributed by atoms with Gasteiger partial charge < -0.3 is 10.1 Å². The van der Waals surface area contributed by atoms with Gasteiger partial charge in [-0.15, -0.1) is 11.3 Å². The lowest BCUT2D eigenvalue weighted by molar-refractivity contribution is -0.125. The Balaban J connectivity index is 1.40. The number of rotatable bonds is 4. The number of aryl methyl sites for hydroxylation is 1. The number of hydrogen-bond acceptors (Lipinski definition) is 4. The van der Waals surface area contributed by atoms with Crippen LogP contribution in [0.1, 0.15) is 39.7 Å². The maximum absolute atomic E-state index is 13.4. The van der Waals surface area contributed by atoms with E-state index < -0.39 is 18.4 Å². The Labute approximate surface area is 170 Å². The monoisotopic (exact) mass is 417 g/mol. The molecule has 0 spiro atoms. The molecule has 1 heterocycles. The summed E-state index contributed by atoms with van der Waals surface area (Å²) in [5, 5.41) is 3.74. The number of hydrogen-bond donors (Lipinski definition) is 1. The predicted molar refractivity (Wildman–Crippen MR) is 107 cm³/mol. The first-order valence-corrected chi connectivity index (χ1v) is 10.1. The Kier molecular flexibility index (Phi) is 5.33. The van der Waals surface area contributed by atoms with E-state index >= 15 is 0 Å². The van der Waals surface area contributed by atoms with Crippen LogP contribution in [0.2, 0.25) is 5.02 Å². The lowest BCUT2D eigenvalue weighted by Crippen LogP contribution is -2.34. The highest BCUT2D eigenvalue weighted by Gasteiger charge is 2.23. The highest BCUT2D eigenvalue weighted by atomic mass is 35.5. The zero-order chi connectivity index (χ0) is 19.7. The molecule has 1 unspecified atom stereocenters. The van der Waals surface area contributed by atoms with Gasteiger partial charge in [0.2, 0.25) is 0 Å². The van der Waals surface area contributed by atoms with E-state index in [4.69, 9.17) is 16.3 Å². The fourth-order valence-electron chi connectivity index (χ4n) is 3.51. The topological polar surface area (TPSA) is 55.4 Å². The number of thiophene rings is 1. The van der Waals surface area contributed by atoms with Crippen molar-refractivity contribution in [1.82, 2.24) is 5.32 Å². The largest absolute Gasteiger partial charge is 0.451 e. The molecule has 28 heavy (non-hydrogen) atoms. The molecule has 0 fully saturated rings. The van der Waals surface area contributed by atoms with Gasteiger partial charge in [0.25, 0.3) is 5.91 Å². The van der Waals surface area contributed by atoms with E-state index in [9.17, 15) is 14.0 Å².